The monoisotopic (exact) mass is 449 g/mol. The van der Waals surface area contributed by atoms with Crippen molar-refractivity contribution < 1.29 is 19.0 Å². The summed E-state index contributed by atoms with van der Waals surface area (Å²) in [4.78, 5) is 25.7. The molecule has 0 unspecified atom stereocenters. The average molecular weight is 450 g/mol. The molecule has 2 aliphatic rings. The molecule has 1 N–H and O–H groups in total. The van der Waals surface area contributed by atoms with E-state index < -0.39 is 0 Å². The van der Waals surface area contributed by atoms with E-state index in [9.17, 15) is 4.79 Å². The van der Waals surface area contributed by atoms with E-state index in [2.05, 4.69) is 20.2 Å². The third-order valence-electron chi connectivity index (χ3n) is 5.99. The molecular formula is C24H27N5O4. The third kappa shape index (κ3) is 4.23. The van der Waals surface area contributed by atoms with Gasteiger partial charge >= 0.3 is 6.09 Å². The van der Waals surface area contributed by atoms with Gasteiger partial charge in [-0.05, 0) is 43.3 Å². The Kier molecular flexibility index (Phi) is 5.87. The van der Waals surface area contributed by atoms with Crippen LogP contribution in [0.4, 0.5) is 16.2 Å². The van der Waals surface area contributed by atoms with Crippen LogP contribution in [-0.2, 0) is 4.74 Å². The number of fused-ring (bicyclic) bond motifs is 1. The second kappa shape index (κ2) is 9.11. The molecule has 0 bridgehead atoms. The summed E-state index contributed by atoms with van der Waals surface area (Å²) in [5, 5.41) is 3.33. The average Bonchev–Trinajstić information content (AvgIpc) is 3.17. The lowest BCUT2D eigenvalue weighted by molar-refractivity contribution is 0.141. The summed E-state index contributed by atoms with van der Waals surface area (Å²) in [6, 6.07) is 13.5. The lowest BCUT2D eigenvalue weighted by Crippen LogP contribution is -2.59. The zero-order valence-corrected chi connectivity index (χ0v) is 18.7. The van der Waals surface area contributed by atoms with E-state index in [1.54, 1.807) is 18.2 Å². The molecule has 0 saturated carbocycles. The minimum atomic E-state index is -0.338. The number of cyclic esters (lactones) is 1. The molecule has 2 aliphatic heterocycles. The summed E-state index contributed by atoms with van der Waals surface area (Å²) in [6.07, 6.45) is 1.17. The number of benzene rings is 1. The predicted molar refractivity (Wildman–Crippen MR) is 125 cm³/mol. The van der Waals surface area contributed by atoms with Gasteiger partial charge in [-0.15, -0.1) is 0 Å². The minimum absolute atomic E-state index is 0.279. The summed E-state index contributed by atoms with van der Waals surface area (Å²) in [6.45, 7) is 5.29. The number of carbonyl (C=O) groups excluding carboxylic acids is 1. The van der Waals surface area contributed by atoms with Crippen LogP contribution >= 0.6 is 0 Å². The number of hydrogen-bond donors (Lipinski definition) is 1. The maximum absolute atomic E-state index is 12.7. The van der Waals surface area contributed by atoms with Crippen molar-refractivity contribution in [2.75, 3.05) is 49.7 Å². The van der Waals surface area contributed by atoms with E-state index in [-0.39, 0.29) is 18.2 Å². The molecule has 0 aliphatic carbocycles. The second-order valence-corrected chi connectivity index (χ2v) is 8.06. The van der Waals surface area contributed by atoms with Gasteiger partial charge in [0, 0.05) is 31.0 Å². The molecule has 4 heterocycles. The van der Waals surface area contributed by atoms with E-state index in [1.165, 1.54) is 0 Å². The Labute approximate surface area is 192 Å². The number of hydrogen-bond acceptors (Lipinski definition) is 8. The summed E-state index contributed by atoms with van der Waals surface area (Å²) >= 11 is 0. The Morgan fingerprint density at radius 2 is 2.00 bits per heavy atom. The van der Waals surface area contributed by atoms with Crippen molar-refractivity contribution >= 4 is 28.5 Å². The first-order valence-corrected chi connectivity index (χ1v) is 11.1. The highest BCUT2D eigenvalue weighted by molar-refractivity contribution is 5.90. The Hall–Kier alpha value is -3.59. The van der Waals surface area contributed by atoms with Crippen LogP contribution in [0.25, 0.3) is 11.0 Å². The second-order valence-electron chi connectivity index (χ2n) is 8.06. The van der Waals surface area contributed by atoms with E-state index >= 15 is 0 Å². The Balaban J connectivity index is 1.38. The summed E-state index contributed by atoms with van der Waals surface area (Å²) in [5.74, 6) is 1.32. The van der Waals surface area contributed by atoms with Crippen LogP contribution in [-0.4, -0.2) is 68.1 Å². The fourth-order valence-electron chi connectivity index (χ4n) is 4.21. The highest BCUT2D eigenvalue weighted by Crippen LogP contribution is 2.30. The number of carbonyl (C=O) groups is 1. The molecule has 2 aromatic heterocycles. The molecule has 1 aromatic carbocycles. The Bertz CT molecular complexity index is 1140. The first-order valence-electron chi connectivity index (χ1n) is 11.1. The first-order chi connectivity index (χ1) is 16.2. The van der Waals surface area contributed by atoms with Gasteiger partial charge in [-0.25, -0.2) is 9.78 Å². The van der Waals surface area contributed by atoms with Crippen molar-refractivity contribution in [3.63, 3.8) is 0 Å². The summed E-state index contributed by atoms with van der Waals surface area (Å²) < 4.78 is 16.6. The molecule has 1 amide bonds. The van der Waals surface area contributed by atoms with Crippen LogP contribution in [0.2, 0.25) is 0 Å². The van der Waals surface area contributed by atoms with Crippen molar-refractivity contribution in [3.05, 3.63) is 48.7 Å². The summed E-state index contributed by atoms with van der Waals surface area (Å²) in [7, 11) is 1.60. The largest absolute Gasteiger partial charge is 0.494 e. The van der Waals surface area contributed by atoms with Gasteiger partial charge in [0.05, 0.1) is 44.1 Å². The topological polar surface area (TPSA) is 89.1 Å². The van der Waals surface area contributed by atoms with Gasteiger partial charge in [0.2, 0.25) is 5.88 Å². The molecule has 1 atom stereocenters. The van der Waals surface area contributed by atoms with Gasteiger partial charge in [-0.3, -0.25) is 9.88 Å². The van der Waals surface area contributed by atoms with E-state index in [4.69, 9.17) is 14.2 Å². The van der Waals surface area contributed by atoms with Crippen LogP contribution in [0.1, 0.15) is 6.92 Å². The molecule has 9 heteroatoms. The molecule has 9 nitrogen and oxygen atoms in total. The summed E-state index contributed by atoms with van der Waals surface area (Å²) in [5.41, 5.74) is 3.33. The van der Waals surface area contributed by atoms with Crippen LogP contribution in [0.15, 0.2) is 48.7 Å². The molecular weight excluding hydrogens is 422 g/mol. The van der Waals surface area contributed by atoms with Crippen LogP contribution in [0, 0.1) is 0 Å². The number of aromatic nitrogens is 2. The van der Waals surface area contributed by atoms with Crippen molar-refractivity contribution in [2.24, 2.45) is 0 Å². The highest BCUT2D eigenvalue weighted by Gasteiger charge is 2.36. The number of methoxy groups -OCH3 is 1. The van der Waals surface area contributed by atoms with E-state index in [0.29, 0.717) is 25.6 Å². The molecule has 0 spiro atoms. The number of rotatable bonds is 8. The molecule has 33 heavy (non-hydrogen) atoms. The number of pyridine rings is 2. The van der Waals surface area contributed by atoms with Crippen LogP contribution < -0.4 is 24.6 Å². The molecule has 172 valence electrons. The van der Waals surface area contributed by atoms with E-state index in [1.807, 2.05) is 49.4 Å². The SMILES string of the molecule is CCOc1ccc(N2C[C@@H](CN(c3ccnc4ccc(OC)nc34)C3CNC3)OC2=O)cc1. The Morgan fingerprint density at radius 3 is 2.70 bits per heavy atom. The maximum Gasteiger partial charge on any atom is 0.414 e. The van der Waals surface area contributed by atoms with Crippen molar-refractivity contribution in [1.82, 2.24) is 15.3 Å². The van der Waals surface area contributed by atoms with Gasteiger partial charge in [0.1, 0.15) is 17.4 Å². The van der Waals surface area contributed by atoms with Gasteiger partial charge < -0.3 is 24.4 Å². The highest BCUT2D eigenvalue weighted by atomic mass is 16.6. The smallest absolute Gasteiger partial charge is 0.414 e. The predicted octanol–water partition coefficient (Wildman–Crippen LogP) is 2.84. The van der Waals surface area contributed by atoms with Crippen molar-refractivity contribution in [2.45, 2.75) is 19.1 Å². The standard InChI is InChI=1S/C24H27N5O4/c1-3-32-18-6-4-16(5-7-18)29-15-19(33-24(29)30)14-28(17-12-25-13-17)21-10-11-26-20-8-9-22(31-2)27-23(20)21/h4-11,17,19,25H,3,12-15H2,1-2H3/t19-/m1/s1. The first kappa shape index (κ1) is 21.3. The number of nitrogens with one attached hydrogen (secondary N) is 1. The lowest BCUT2D eigenvalue weighted by Gasteiger charge is -2.40. The van der Waals surface area contributed by atoms with Gasteiger partial charge in [-0.1, -0.05) is 0 Å². The van der Waals surface area contributed by atoms with E-state index in [0.717, 1.165) is 41.2 Å². The van der Waals surface area contributed by atoms with Crippen LogP contribution in [0.3, 0.4) is 0 Å². The zero-order chi connectivity index (χ0) is 22.8. The zero-order valence-electron chi connectivity index (χ0n) is 18.7. The van der Waals surface area contributed by atoms with Gasteiger partial charge in [-0.2, -0.15) is 0 Å². The number of nitrogens with zero attached hydrogens (tertiary/aromatic N) is 4. The van der Waals surface area contributed by atoms with Crippen LogP contribution in [0.5, 0.6) is 11.6 Å². The normalized spacial score (nSPS) is 18.2. The fourth-order valence-corrected chi connectivity index (χ4v) is 4.21. The van der Waals surface area contributed by atoms with Crippen molar-refractivity contribution in [1.29, 1.82) is 0 Å². The molecule has 2 saturated heterocycles. The quantitative estimate of drug-likeness (QED) is 0.562. The number of ether oxygens (including phenoxy) is 3. The third-order valence-corrected chi connectivity index (χ3v) is 5.99. The van der Waals surface area contributed by atoms with Crippen molar-refractivity contribution in [3.8, 4) is 11.6 Å². The lowest BCUT2D eigenvalue weighted by atomic mass is 10.1. The maximum atomic E-state index is 12.7. The number of amides is 1. The fraction of sp³-hybridized carbons (Fsp3) is 0.375. The van der Waals surface area contributed by atoms with Gasteiger partial charge in [0.15, 0.2) is 0 Å². The molecule has 2 fully saturated rings. The molecule has 0 radical (unpaired) electrons. The molecule has 3 aromatic rings. The Morgan fingerprint density at radius 1 is 1.18 bits per heavy atom. The van der Waals surface area contributed by atoms with Gasteiger partial charge in [0.25, 0.3) is 0 Å². The molecule has 5 rings (SSSR count). The minimum Gasteiger partial charge on any atom is -0.494 e. The number of anilines is 2.